The summed E-state index contributed by atoms with van der Waals surface area (Å²) in [4.78, 5) is 14.5. The highest BCUT2D eigenvalue weighted by Gasteiger charge is 2.34. The number of carbonyl (C=O) groups is 1. The quantitative estimate of drug-likeness (QED) is 0.762. The monoisotopic (exact) mass is 365 g/mol. The van der Waals surface area contributed by atoms with E-state index in [4.69, 9.17) is 4.74 Å². The topological polar surface area (TPSA) is 38.8 Å². The minimum Gasteiger partial charge on any atom is -0.497 e. The average molecular weight is 365 g/mol. The molecule has 0 heterocycles. The fourth-order valence-corrected chi connectivity index (χ4v) is 2.65. The van der Waals surface area contributed by atoms with Gasteiger partial charge in [0, 0.05) is 18.2 Å². The van der Waals surface area contributed by atoms with Gasteiger partial charge in [-0.3, -0.25) is 4.79 Å². The Bertz CT molecular complexity index is 753. The predicted molar refractivity (Wildman–Crippen MR) is 89.0 cm³/mol. The molecule has 2 aromatic rings. The van der Waals surface area contributed by atoms with Crippen LogP contribution in [-0.4, -0.2) is 30.3 Å². The van der Waals surface area contributed by atoms with Crippen molar-refractivity contribution in [2.75, 3.05) is 7.11 Å². The number of benzene rings is 2. The van der Waals surface area contributed by atoms with E-state index in [1.54, 1.807) is 12.0 Å². The Hall–Kier alpha value is -2.70. The predicted octanol–water partition coefficient (Wildman–Crippen LogP) is 4.40. The van der Waals surface area contributed by atoms with Crippen molar-refractivity contribution in [3.63, 3.8) is 0 Å². The van der Waals surface area contributed by atoms with Crippen LogP contribution in [0.2, 0.25) is 0 Å². The van der Waals surface area contributed by atoms with Crippen molar-refractivity contribution in [1.82, 2.24) is 4.90 Å². The number of rotatable bonds is 6. The van der Waals surface area contributed by atoms with E-state index in [0.717, 1.165) is 36.3 Å². The second kappa shape index (κ2) is 7.27. The van der Waals surface area contributed by atoms with E-state index in [1.165, 1.54) is 12.1 Å². The van der Waals surface area contributed by atoms with E-state index >= 15 is 0 Å². The van der Waals surface area contributed by atoms with Crippen molar-refractivity contribution in [1.29, 1.82) is 0 Å². The fraction of sp³-hybridized carbons (Fsp3) is 0.316. The summed E-state index contributed by atoms with van der Waals surface area (Å²) in [7, 11) is 1.58. The van der Waals surface area contributed by atoms with E-state index in [9.17, 15) is 18.0 Å². The van der Waals surface area contributed by atoms with Crippen LogP contribution in [0.15, 0.2) is 48.5 Å². The van der Waals surface area contributed by atoms with Gasteiger partial charge in [-0.15, -0.1) is 13.2 Å². The van der Waals surface area contributed by atoms with Gasteiger partial charge >= 0.3 is 6.36 Å². The van der Waals surface area contributed by atoms with Gasteiger partial charge in [-0.25, -0.2) is 0 Å². The molecule has 7 heteroatoms. The molecule has 26 heavy (non-hydrogen) atoms. The van der Waals surface area contributed by atoms with Gasteiger partial charge in [0.25, 0.3) is 5.91 Å². The first kappa shape index (κ1) is 18.1. The van der Waals surface area contributed by atoms with Crippen LogP contribution in [0, 0.1) is 0 Å². The largest absolute Gasteiger partial charge is 0.573 e. The molecular formula is C19H18F3NO3. The molecule has 0 spiro atoms. The van der Waals surface area contributed by atoms with Crippen LogP contribution < -0.4 is 9.47 Å². The molecule has 0 unspecified atom stereocenters. The van der Waals surface area contributed by atoms with Crippen molar-refractivity contribution >= 4 is 5.91 Å². The van der Waals surface area contributed by atoms with Gasteiger partial charge in [0.1, 0.15) is 11.5 Å². The lowest BCUT2D eigenvalue weighted by molar-refractivity contribution is -0.274. The Kier molecular flexibility index (Phi) is 5.06. The van der Waals surface area contributed by atoms with Crippen LogP contribution in [0.5, 0.6) is 11.5 Å². The lowest BCUT2D eigenvalue weighted by Crippen LogP contribution is -2.32. The Morgan fingerprint density at radius 3 is 2.12 bits per heavy atom. The molecular weight excluding hydrogens is 347 g/mol. The smallest absolute Gasteiger partial charge is 0.497 e. The van der Waals surface area contributed by atoms with Crippen molar-refractivity contribution in [3.8, 4) is 11.5 Å². The highest BCUT2D eigenvalue weighted by atomic mass is 19.4. The third-order valence-corrected chi connectivity index (χ3v) is 4.10. The number of halogens is 3. The van der Waals surface area contributed by atoms with Crippen molar-refractivity contribution < 1.29 is 27.4 Å². The van der Waals surface area contributed by atoms with Crippen molar-refractivity contribution in [3.05, 3.63) is 59.7 Å². The van der Waals surface area contributed by atoms with Gasteiger partial charge in [-0.05, 0) is 54.8 Å². The van der Waals surface area contributed by atoms with Gasteiger partial charge < -0.3 is 14.4 Å². The number of methoxy groups -OCH3 is 1. The summed E-state index contributed by atoms with van der Waals surface area (Å²) in [6.45, 7) is 0.439. The van der Waals surface area contributed by atoms with Crippen molar-refractivity contribution in [2.24, 2.45) is 0 Å². The van der Waals surface area contributed by atoms with Crippen molar-refractivity contribution in [2.45, 2.75) is 31.8 Å². The number of alkyl halides is 3. The molecule has 0 N–H and O–H groups in total. The summed E-state index contributed by atoms with van der Waals surface area (Å²) in [5.74, 6) is 0.183. The van der Waals surface area contributed by atoms with E-state index in [1.807, 2.05) is 24.3 Å². The van der Waals surface area contributed by atoms with Gasteiger partial charge in [0.05, 0.1) is 7.11 Å². The first-order chi connectivity index (χ1) is 12.4. The number of carbonyl (C=O) groups excluding carboxylic acids is 1. The SMILES string of the molecule is COc1ccc(CN(C(=O)c2ccc(OC(F)(F)F)cc2)C2CC2)cc1. The Labute approximate surface area is 149 Å². The molecule has 4 nitrogen and oxygen atoms in total. The van der Waals surface area contributed by atoms with Gasteiger partial charge in [0.2, 0.25) is 0 Å². The van der Waals surface area contributed by atoms with E-state index in [2.05, 4.69) is 4.74 Å². The van der Waals surface area contributed by atoms with Crippen LogP contribution in [-0.2, 0) is 6.54 Å². The highest BCUT2D eigenvalue weighted by Crippen LogP contribution is 2.31. The molecule has 0 atom stereocenters. The maximum atomic E-state index is 12.8. The Balaban J connectivity index is 1.72. The van der Waals surface area contributed by atoms with E-state index in [0.29, 0.717) is 12.1 Å². The van der Waals surface area contributed by atoms with Gasteiger partial charge in [-0.2, -0.15) is 0 Å². The maximum Gasteiger partial charge on any atom is 0.573 e. The summed E-state index contributed by atoms with van der Waals surface area (Å²) >= 11 is 0. The summed E-state index contributed by atoms with van der Waals surface area (Å²) in [5, 5.41) is 0. The zero-order valence-electron chi connectivity index (χ0n) is 14.1. The molecule has 1 aliphatic rings. The molecule has 2 aromatic carbocycles. The first-order valence-electron chi connectivity index (χ1n) is 8.15. The van der Waals surface area contributed by atoms with Crippen LogP contribution in [0.3, 0.4) is 0 Å². The molecule has 0 radical (unpaired) electrons. The number of hydrogen-bond donors (Lipinski definition) is 0. The Morgan fingerprint density at radius 1 is 1.04 bits per heavy atom. The molecule has 3 rings (SSSR count). The molecule has 1 amide bonds. The normalized spacial score (nSPS) is 14.0. The zero-order chi connectivity index (χ0) is 18.7. The highest BCUT2D eigenvalue weighted by molar-refractivity contribution is 5.94. The number of nitrogens with zero attached hydrogens (tertiary/aromatic N) is 1. The lowest BCUT2D eigenvalue weighted by Gasteiger charge is -2.23. The second-order valence-corrected chi connectivity index (χ2v) is 6.08. The van der Waals surface area contributed by atoms with Crippen LogP contribution in [0.1, 0.15) is 28.8 Å². The summed E-state index contributed by atoms with van der Waals surface area (Å²) in [5.41, 5.74) is 1.29. The fourth-order valence-electron chi connectivity index (χ4n) is 2.65. The maximum absolute atomic E-state index is 12.8. The zero-order valence-corrected chi connectivity index (χ0v) is 14.1. The lowest BCUT2D eigenvalue weighted by atomic mass is 10.1. The third-order valence-electron chi connectivity index (χ3n) is 4.10. The number of hydrogen-bond acceptors (Lipinski definition) is 3. The number of amides is 1. The molecule has 1 saturated carbocycles. The number of ether oxygens (including phenoxy) is 2. The van der Waals surface area contributed by atoms with E-state index in [-0.39, 0.29) is 17.7 Å². The molecule has 1 fully saturated rings. The van der Waals surface area contributed by atoms with E-state index < -0.39 is 6.36 Å². The summed E-state index contributed by atoms with van der Waals surface area (Å²) in [6.07, 6.45) is -2.89. The summed E-state index contributed by atoms with van der Waals surface area (Å²) in [6, 6.07) is 12.6. The third kappa shape index (κ3) is 4.68. The molecule has 1 aliphatic carbocycles. The molecule has 138 valence electrons. The van der Waals surface area contributed by atoms with Crippen LogP contribution in [0.4, 0.5) is 13.2 Å². The second-order valence-electron chi connectivity index (χ2n) is 6.08. The van der Waals surface area contributed by atoms with Gasteiger partial charge in [0.15, 0.2) is 0 Å². The van der Waals surface area contributed by atoms with Gasteiger partial charge in [-0.1, -0.05) is 12.1 Å². The first-order valence-corrected chi connectivity index (χ1v) is 8.15. The Morgan fingerprint density at radius 2 is 1.62 bits per heavy atom. The molecule has 0 aromatic heterocycles. The minimum absolute atomic E-state index is 0.163. The molecule has 0 saturated heterocycles. The molecule has 0 bridgehead atoms. The summed E-state index contributed by atoms with van der Waals surface area (Å²) < 4.78 is 45.7. The standard InChI is InChI=1S/C19H18F3NO3/c1-25-16-8-2-13(3-9-16)12-23(15-6-7-15)18(24)14-4-10-17(11-5-14)26-19(20,21)22/h2-5,8-11,15H,6-7,12H2,1H3. The van der Waals surface area contributed by atoms with Crippen LogP contribution >= 0.6 is 0 Å². The minimum atomic E-state index is -4.75. The van der Waals surface area contributed by atoms with Crippen LogP contribution in [0.25, 0.3) is 0 Å². The molecule has 0 aliphatic heterocycles. The average Bonchev–Trinajstić information content (AvgIpc) is 3.44.